The third-order valence-corrected chi connectivity index (χ3v) is 12.4. The lowest BCUT2D eigenvalue weighted by atomic mass is 10.1. The van der Waals surface area contributed by atoms with Crippen LogP contribution < -0.4 is 0 Å². The molecule has 0 amide bonds. The summed E-state index contributed by atoms with van der Waals surface area (Å²) in [5, 5.41) is 0. The molecule has 0 heterocycles. The molecule has 5 nitrogen and oxygen atoms in total. The van der Waals surface area contributed by atoms with E-state index >= 15 is 0 Å². The number of rotatable bonds is 53. The van der Waals surface area contributed by atoms with E-state index in [9.17, 15) is 9.59 Å². The van der Waals surface area contributed by atoms with Crippen LogP contribution >= 0.6 is 0 Å². The number of esters is 2. The molecule has 5 heteroatoms. The maximum Gasteiger partial charge on any atom is 0.306 e. The molecule has 0 rings (SSSR count). The first kappa shape index (κ1) is 65.1. The Hall–Kier alpha value is -2.92. The quantitative estimate of drug-likeness (QED) is 0.0345. The van der Waals surface area contributed by atoms with E-state index in [0.717, 1.165) is 96.3 Å². The van der Waals surface area contributed by atoms with Crippen LogP contribution in [0.5, 0.6) is 0 Å². The number of carbonyl (C=O) groups excluding carboxylic acids is 2. The molecule has 1 atom stereocenters. The molecule has 1 unspecified atom stereocenters. The van der Waals surface area contributed by atoms with E-state index in [0.29, 0.717) is 19.4 Å². The van der Waals surface area contributed by atoms with Gasteiger partial charge in [-0.05, 0) is 116 Å². The Balaban J connectivity index is 4.32. The lowest BCUT2D eigenvalue weighted by Gasteiger charge is -2.18. The number of ether oxygens (including phenoxy) is 3. The molecule has 0 saturated heterocycles. The van der Waals surface area contributed by atoms with Gasteiger partial charge in [-0.25, -0.2) is 0 Å². The molecular formula is C63H110O5. The summed E-state index contributed by atoms with van der Waals surface area (Å²) in [5.41, 5.74) is 0. The van der Waals surface area contributed by atoms with Crippen molar-refractivity contribution < 1.29 is 23.8 Å². The van der Waals surface area contributed by atoms with E-state index in [4.69, 9.17) is 14.2 Å². The molecule has 0 saturated carbocycles. The molecule has 0 fully saturated rings. The van der Waals surface area contributed by atoms with Gasteiger partial charge >= 0.3 is 11.9 Å². The van der Waals surface area contributed by atoms with Crippen molar-refractivity contribution in [3.05, 3.63) is 85.1 Å². The van der Waals surface area contributed by atoms with Crippen LogP contribution in [0.25, 0.3) is 0 Å². The van der Waals surface area contributed by atoms with Crippen LogP contribution in [0.1, 0.15) is 278 Å². The van der Waals surface area contributed by atoms with Crippen molar-refractivity contribution in [2.24, 2.45) is 0 Å². The molecule has 68 heavy (non-hydrogen) atoms. The molecule has 0 aliphatic carbocycles. The zero-order valence-corrected chi connectivity index (χ0v) is 45.1. The fraction of sp³-hybridized carbons (Fsp3) is 0.746. The Labute approximate surface area is 422 Å². The Bertz CT molecular complexity index is 1250. The zero-order chi connectivity index (χ0) is 49.2. The highest BCUT2D eigenvalue weighted by atomic mass is 16.6. The second-order valence-corrected chi connectivity index (χ2v) is 19.2. The SMILES string of the molecule is CC/C=C\C/C=C\C/C=C\C/C=C\CCCCCCCOCC(COC(=O)CCCCCCCCCCC/C=C\C/C=C\CCCCC)OC(=O)CCCCCCC/C=C\CCCCCCCC. The fourth-order valence-corrected chi connectivity index (χ4v) is 8.06. The predicted octanol–water partition coefficient (Wildman–Crippen LogP) is 20.0. The smallest absolute Gasteiger partial charge is 0.306 e. The van der Waals surface area contributed by atoms with E-state index in [1.807, 2.05) is 0 Å². The maximum absolute atomic E-state index is 12.9. The summed E-state index contributed by atoms with van der Waals surface area (Å²) in [6.45, 7) is 7.66. The minimum Gasteiger partial charge on any atom is -0.462 e. The van der Waals surface area contributed by atoms with E-state index in [-0.39, 0.29) is 25.2 Å². The molecule has 392 valence electrons. The summed E-state index contributed by atoms with van der Waals surface area (Å²) >= 11 is 0. The van der Waals surface area contributed by atoms with Gasteiger partial charge in [-0.1, -0.05) is 234 Å². The number of hydrogen-bond acceptors (Lipinski definition) is 5. The molecular weight excluding hydrogens is 837 g/mol. The van der Waals surface area contributed by atoms with Crippen molar-refractivity contribution in [2.45, 2.75) is 284 Å². The van der Waals surface area contributed by atoms with Gasteiger partial charge in [0.15, 0.2) is 6.10 Å². The van der Waals surface area contributed by atoms with E-state index in [1.54, 1.807) is 0 Å². The monoisotopic (exact) mass is 947 g/mol. The third kappa shape index (κ3) is 55.7. The first-order chi connectivity index (χ1) is 33.6. The van der Waals surface area contributed by atoms with Crippen molar-refractivity contribution in [3.63, 3.8) is 0 Å². The third-order valence-electron chi connectivity index (χ3n) is 12.4. The lowest BCUT2D eigenvalue weighted by molar-refractivity contribution is -0.163. The van der Waals surface area contributed by atoms with E-state index < -0.39 is 6.10 Å². The average molecular weight is 948 g/mol. The van der Waals surface area contributed by atoms with Crippen LogP contribution in [0.4, 0.5) is 0 Å². The summed E-state index contributed by atoms with van der Waals surface area (Å²) in [6.07, 6.45) is 77.4. The van der Waals surface area contributed by atoms with Crippen molar-refractivity contribution in [1.29, 1.82) is 0 Å². The van der Waals surface area contributed by atoms with E-state index in [1.165, 1.54) is 148 Å². The Kier molecular flexibility index (Phi) is 55.9. The highest BCUT2D eigenvalue weighted by Gasteiger charge is 2.17. The van der Waals surface area contributed by atoms with Crippen LogP contribution in [-0.4, -0.2) is 37.9 Å². The number of carbonyl (C=O) groups is 2. The standard InChI is InChI=1S/C63H110O5/c1-4-7-10-13-16-19-22-25-28-30-32-33-36-38-41-44-47-50-53-56-62(64)67-60-61(68-63(65)57-54-51-48-45-42-39-35-27-24-21-18-15-12-9-6-3)59-66-58-55-52-49-46-43-40-37-34-31-29-26-23-20-17-14-11-8-5-2/h8,11,16-17,19-20,25-29,34-35,37,61H,4-7,9-10,12-15,18,21-24,30-33,36,38-60H2,1-3H3/b11-8-,19-16-,20-17-,28-25-,29-26-,35-27-,37-34-. The summed E-state index contributed by atoms with van der Waals surface area (Å²) in [4.78, 5) is 25.5. The molecule has 0 N–H and O–H groups in total. The molecule has 0 aliphatic heterocycles. The van der Waals surface area contributed by atoms with Gasteiger partial charge < -0.3 is 14.2 Å². The summed E-state index contributed by atoms with van der Waals surface area (Å²) in [6, 6.07) is 0. The van der Waals surface area contributed by atoms with Gasteiger partial charge in [0.25, 0.3) is 0 Å². The van der Waals surface area contributed by atoms with Gasteiger partial charge in [0.05, 0.1) is 6.61 Å². The molecule has 0 bridgehead atoms. The van der Waals surface area contributed by atoms with Gasteiger partial charge in [-0.3, -0.25) is 9.59 Å². The van der Waals surface area contributed by atoms with Crippen LogP contribution in [0.2, 0.25) is 0 Å². The fourth-order valence-electron chi connectivity index (χ4n) is 8.06. The Morgan fingerprint density at radius 1 is 0.338 bits per heavy atom. The van der Waals surface area contributed by atoms with Gasteiger partial charge in [0.1, 0.15) is 6.61 Å². The largest absolute Gasteiger partial charge is 0.462 e. The van der Waals surface area contributed by atoms with Gasteiger partial charge in [-0.15, -0.1) is 0 Å². The normalized spacial score (nSPS) is 12.8. The van der Waals surface area contributed by atoms with Crippen LogP contribution in [0.3, 0.4) is 0 Å². The van der Waals surface area contributed by atoms with Crippen molar-refractivity contribution >= 4 is 11.9 Å². The maximum atomic E-state index is 12.9. The van der Waals surface area contributed by atoms with Gasteiger partial charge in [-0.2, -0.15) is 0 Å². The van der Waals surface area contributed by atoms with Crippen molar-refractivity contribution in [2.75, 3.05) is 19.8 Å². The van der Waals surface area contributed by atoms with Crippen LogP contribution in [-0.2, 0) is 23.8 Å². The zero-order valence-electron chi connectivity index (χ0n) is 45.1. The average Bonchev–Trinajstić information content (AvgIpc) is 3.34. The minimum atomic E-state index is -0.557. The Morgan fingerprint density at radius 3 is 1.10 bits per heavy atom. The topological polar surface area (TPSA) is 61.8 Å². The van der Waals surface area contributed by atoms with Crippen molar-refractivity contribution in [3.8, 4) is 0 Å². The van der Waals surface area contributed by atoms with Crippen molar-refractivity contribution in [1.82, 2.24) is 0 Å². The second kappa shape index (κ2) is 58.4. The first-order valence-electron chi connectivity index (χ1n) is 29.1. The second-order valence-electron chi connectivity index (χ2n) is 19.2. The lowest BCUT2D eigenvalue weighted by Crippen LogP contribution is -2.30. The number of unbranched alkanes of at least 4 members (excludes halogenated alkanes) is 28. The molecule has 0 aromatic heterocycles. The molecule has 0 aliphatic rings. The molecule has 0 radical (unpaired) electrons. The van der Waals surface area contributed by atoms with Crippen LogP contribution in [0, 0.1) is 0 Å². The summed E-state index contributed by atoms with van der Waals surface area (Å²) in [5.74, 6) is -0.417. The summed E-state index contributed by atoms with van der Waals surface area (Å²) in [7, 11) is 0. The van der Waals surface area contributed by atoms with Crippen LogP contribution in [0.15, 0.2) is 85.1 Å². The minimum absolute atomic E-state index is 0.0697. The molecule has 0 aromatic carbocycles. The highest BCUT2D eigenvalue weighted by molar-refractivity contribution is 5.70. The molecule has 0 spiro atoms. The predicted molar refractivity (Wildman–Crippen MR) is 297 cm³/mol. The van der Waals surface area contributed by atoms with Gasteiger partial charge in [0, 0.05) is 19.4 Å². The highest BCUT2D eigenvalue weighted by Crippen LogP contribution is 2.15. The summed E-state index contributed by atoms with van der Waals surface area (Å²) < 4.78 is 17.5. The van der Waals surface area contributed by atoms with Gasteiger partial charge in [0.2, 0.25) is 0 Å². The van der Waals surface area contributed by atoms with E-state index in [2.05, 4.69) is 106 Å². The number of allylic oxidation sites excluding steroid dienone is 14. The Morgan fingerprint density at radius 2 is 0.662 bits per heavy atom. The first-order valence-corrected chi connectivity index (χ1v) is 29.1. The number of hydrogen-bond donors (Lipinski definition) is 0. The molecule has 0 aromatic rings.